The van der Waals surface area contributed by atoms with Crippen LogP contribution in [-0.2, 0) is 20.7 Å². The summed E-state index contributed by atoms with van der Waals surface area (Å²) in [7, 11) is 0. The molecule has 0 heterocycles. The Balaban J connectivity index is 1.45. The summed E-state index contributed by atoms with van der Waals surface area (Å²) in [5.74, 6) is -1.76. The van der Waals surface area contributed by atoms with Crippen LogP contribution >= 0.6 is 0 Å². The number of rotatable bonds is 11. The Morgan fingerprint density at radius 2 is 1.43 bits per heavy atom. The highest BCUT2D eigenvalue weighted by Crippen LogP contribution is 2.44. The Hall–Kier alpha value is -4.13. The average Bonchev–Trinajstić information content (AvgIpc) is 3.23. The quantitative estimate of drug-likeness (QED) is 0.348. The summed E-state index contributed by atoms with van der Waals surface area (Å²) in [5.41, 5.74) is 5.27. The molecular formula is C30H32N2O5. The molecule has 0 bridgehead atoms. The van der Waals surface area contributed by atoms with E-state index >= 15 is 0 Å². The van der Waals surface area contributed by atoms with Gasteiger partial charge in [-0.15, -0.1) is 0 Å². The van der Waals surface area contributed by atoms with Crippen LogP contribution in [-0.4, -0.2) is 41.8 Å². The van der Waals surface area contributed by atoms with Gasteiger partial charge in [-0.1, -0.05) is 98.6 Å². The molecule has 4 rings (SSSR count). The van der Waals surface area contributed by atoms with Crippen molar-refractivity contribution in [3.8, 4) is 11.1 Å². The Morgan fingerprint density at radius 3 is 2.03 bits per heavy atom. The van der Waals surface area contributed by atoms with Crippen molar-refractivity contribution in [3.05, 3.63) is 95.6 Å². The monoisotopic (exact) mass is 500 g/mol. The van der Waals surface area contributed by atoms with Crippen molar-refractivity contribution in [2.75, 3.05) is 6.61 Å². The van der Waals surface area contributed by atoms with Crippen molar-refractivity contribution in [1.29, 1.82) is 0 Å². The van der Waals surface area contributed by atoms with Gasteiger partial charge in [-0.25, -0.2) is 9.59 Å². The maximum Gasteiger partial charge on any atom is 0.407 e. The molecule has 0 spiro atoms. The number of carboxylic acid groups (broad SMARTS) is 1. The van der Waals surface area contributed by atoms with Crippen LogP contribution in [0.25, 0.3) is 11.1 Å². The Kier molecular flexibility index (Phi) is 8.56. The fourth-order valence-electron chi connectivity index (χ4n) is 4.78. The number of unbranched alkanes of at least 4 members (excludes halogenated alkanes) is 1. The molecule has 0 fully saturated rings. The van der Waals surface area contributed by atoms with E-state index in [1.165, 1.54) is 0 Å². The number of ether oxygens (including phenoxy) is 1. The zero-order valence-corrected chi connectivity index (χ0v) is 20.9. The summed E-state index contributed by atoms with van der Waals surface area (Å²) in [5, 5.41) is 14.8. The van der Waals surface area contributed by atoms with Gasteiger partial charge >= 0.3 is 12.1 Å². The van der Waals surface area contributed by atoms with Crippen LogP contribution in [0, 0.1) is 0 Å². The summed E-state index contributed by atoms with van der Waals surface area (Å²) in [6.45, 7) is 2.07. The standard InChI is InChI=1S/C30H32N2O5/c1-2-3-17-26(29(34)35)31-28(33)27(18-20-11-5-4-6-12-20)32-30(36)37-19-25-23-15-9-7-13-21(23)22-14-8-10-16-24(22)25/h4-16,25-27H,2-3,17-19H2,1H3,(H,31,33)(H,32,36)(H,34,35)/t26?,27-/m0/s1. The second kappa shape index (κ2) is 12.2. The normalized spacial score (nSPS) is 13.6. The SMILES string of the molecule is CCCCC(NC(=O)[C@H](Cc1ccccc1)NC(=O)OCC1c2ccccc2-c2ccccc21)C(=O)O. The predicted molar refractivity (Wildman–Crippen MR) is 141 cm³/mol. The molecule has 0 radical (unpaired) electrons. The number of carbonyl (C=O) groups excluding carboxylic acids is 2. The number of fused-ring (bicyclic) bond motifs is 3. The second-order valence-electron chi connectivity index (χ2n) is 9.25. The lowest BCUT2D eigenvalue weighted by atomic mass is 9.98. The number of benzene rings is 3. The first-order chi connectivity index (χ1) is 18.0. The van der Waals surface area contributed by atoms with Crippen LogP contribution in [0.1, 0.15) is 48.8 Å². The molecule has 3 N–H and O–H groups in total. The summed E-state index contributed by atoms with van der Waals surface area (Å²) < 4.78 is 5.63. The lowest BCUT2D eigenvalue weighted by molar-refractivity contribution is -0.142. The fourth-order valence-corrected chi connectivity index (χ4v) is 4.78. The minimum Gasteiger partial charge on any atom is -0.480 e. The van der Waals surface area contributed by atoms with E-state index in [2.05, 4.69) is 22.8 Å². The number of aliphatic carboxylic acids is 1. The van der Waals surface area contributed by atoms with E-state index in [0.717, 1.165) is 34.2 Å². The summed E-state index contributed by atoms with van der Waals surface area (Å²) in [6, 6.07) is 23.4. The molecule has 1 unspecified atom stereocenters. The van der Waals surface area contributed by atoms with E-state index in [9.17, 15) is 19.5 Å². The largest absolute Gasteiger partial charge is 0.480 e. The molecule has 1 aliphatic rings. The van der Waals surface area contributed by atoms with Gasteiger partial charge in [0.2, 0.25) is 5.91 Å². The van der Waals surface area contributed by atoms with E-state index in [1.807, 2.05) is 73.7 Å². The number of carboxylic acids is 1. The lowest BCUT2D eigenvalue weighted by Crippen LogP contribution is -2.52. The molecule has 0 aliphatic heterocycles. The number of carbonyl (C=O) groups is 3. The van der Waals surface area contributed by atoms with Crippen LogP contribution in [0.4, 0.5) is 4.79 Å². The number of hydrogen-bond acceptors (Lipinski definition) is 4. The predicted octanol–water partition coefficient (Wildman–Crippen LogP) is 4.90. The van der Waals surface area contributed by atoms with Gasteiger partial charge in [-0.3, -0.25) is 4.79 Å². The van der Waals surface area contributed by atoms with E-state index < -0.39 is 30.1 Å². The van der Waals surface area contributed by atoms with E-state index in [0.29, 0.717) is 12.8 Å². The Morgan fingerprint density at radius 1 is 0.838 bits per heavy atom. The number of hydrogen-bond donors (Lipinski definition) is 3. The van der Waals surface area contributed by atoms with Crippen LogP contribution < -0.4 is 10.6 Å². The maximum absolute atomic E-state index is 13.1. The topological polar surface area (TPSA) is 105 Å². The highest BCUT2D eigenvalue weighted by atomic mass is 16.5. The molecule has 0 saturated heterocycles. The average molecular weight is 501 g/mol. The van der Waals surface area contributed by atoms with Crippen LogP contribution in [0.2, 0.25) is 0 Å². The lowest BCUT2D eigenvalue weighted by Gasteiger charge is -2.22. The summed E-state index contributed by atoms with van der Waals surface area (Å²) in [6.07, 6.45) is 1.28. The smallest absolute Gasteiger partial charge is 0.407 e. The minimum atomic E-state index is -1.10. The Bertz CT molecular complexity index is 1200. The molecule has 7 nitrogen and oxygen atoms in total. The van der Waals surface area contributed by atoms with Gasteiger partial charge in [-0.2, -0.15) is 0 Å². The zero-order chi connectivity index (χ0) is 26.2. The van der Waals surface area contributed by atoms with Crippen molar-refractivity contribution in [1.82, 2.24) is 10.6 Å². The highest BCUT2D eigenvalue weighted by molar-refractivity contribution is 5.89. The maximum atomic E-state index is 13.1. The van der Waals surface area contributed by atoms with Gasteiger partial charge in [0.25, 0.3) is 0 Å². The molecule has 7 heteroatoms. The number of nitrogens with one attached hydrogen (secondary N) is 2. The zero-order valence-electron chi connectivity index (χ0n) is 20.9. The first-order valence-electron chi connectivity index (χ1n) is 12.7. The molecule has 37 heavy (non-hydrogen) atoms. The van der Waals surface area contributed by atoms with Gasteiger partial charge in [0.1, 0.15) is 18.7 Å². The third-order valence-electron chi connectivity index (χ3n) is 6.70. The van der Waals surface area contributed by atoms with Crippen LogP contribution in [0.3, 0.4) is 0 Å². The minimum absolute atomic E-state index is 0.106. The molecule has 1 aliphatic carbocycles. The van der Waals surface area contributed by atoms with E-state index in [-0.39, 0.29) is 18.9 Å². The third-order valence-corrected chi connectivity index (χ3v) is 6.70. The van der Waals surface area contributed by atoms with Crippen molar-refractivity contribution in [3.63, 3.8) is 0 Å². The van der Waals surface area contributed by atoms with Gasteiger partial charge in [-0.05, 0) is 34.2 Å². The Labute approximate surface area is 216 Å². The van der Waals surface area contributed by atoms with E-state index in [4.69, 9.17) is 4.74 Å². The van der Waals surface area contributed by atoms with Crippen molar-refractivity contribution < 1.29 is 24.2 Å². The highest BCUT2D eigenvalue weighted by Gasteiger charge is 2.30. The first kappa shape index (κ1) is 25.9. The molecule has 2 atom stereocenters. The molecular weight excluding hydrogens is 468 g/mol. The van der Waals surface area contributed by atoms with Crippen LogP contribution in [0.5, 0.6) is 0 Å². The molecule has 0 saturated carbocycles. The summed E-state index contributed by atoms with van der Waals surface area (Å²) >= 11 is 0. The van der Waals surface area contributed by atoms with Crippen molar-refractivity contribution in [2.45, 2.75) is 50.6 Å². The fraction of sp³-hybridized carbons (Fsp3) is 0.300. The van der Waals surface area contributed by atoms with E-state index in [1.54, 1.807) is 0 Å². The van der Waals surface area contributed by atoms with Gasteiger partial charge in [0.15, 0.2) is 0 Å². The van der Waals surface area contributed by atoms with Crippen molar-refractivity contribution >= 4 is 18.0 Å². The van der Waals surface area contributed by atoms with Crippen LogP contribution in [0.15, 0.2) is 78.9 Å². The van der Waals surface area contributed by atoms with Gasteiger partial charge < -0.3 is 20.5 Å². The number of alkyl carbamates (subject to hydrolysis) is 1. The second-order valence-corrected chi connectivity index (χ2v) is 9.25. The van der Waals surface area contributed by atoms with Crippen molar-refractivity contribution in [2.24, 2.45) is 0 Å². The molecule has 0 aromatic heterocycles. The molecule has 3 aromatic carbocycles. The summed E-state index contributed by atoms with van der Waals surface area (Å²) in [4.78, 5) is 37.7. The first-order valence-corrected chi connectivity index (χ1v) is 12.7. The third kappa shape index (κ3) is 6.36. The molecule has 3 aromatic rings. The number of amides is 2. The van der Waals surface area contributed by atoms with Gasteiger partial charge in [0.05, 0.1) is 0 Å². The molecule has 192 valence electrons. The van der Waals surface area contributed by atoms with Gasteiger partial charge in [0, 0.05) is 12.3 Å². The molecule has 2 amide bonds.